The minimum Gasteiger partial charge on any atom is -0.481 e. The van der Waals surface area contributed by atoms with Gasteiger partial charge in [-0.1, -0.05) is 19.9 Å². The molecule has 1 atom stereocenters. The Balaban J connectivity index is 2.63. The monoisotopic (exact) mass is 292 g/mol. The number of rotatable bonds is 7. The van der Waals surface area contributed by atoms with Crippen molar-refractivity contribution in [2.45, 2.75) is 33.6 Å². The molecule has 116 valence electrons. The molecule has 0 spiro atoms. The lowest BCUT2D eigenvalue weighted by molar-refractivity contribution is -0.138. The number of hydrogen-bond acceptors (Lipinski definition) is 3. The third-order valence-corrected chi connectivity index (χ3v) is 3.36. The molecule has 1 rings (SSSR count). The van der Waals surface area contributed by atoms with Crippen LogP contribution >= 0.6 is 0 Å². The van der Waals surface area contributed by atoms with Gasteiger partial charge in [0.15, 0.2) is 0 Å². The van der Waals surface area contributed by atoms with Crippen molar-refractivity contribution in [3.05, 3.63) is 29.3 Å². The third-order valence-electron chi connectivity index (χ3n) is 3.36. The Hall–Kier alpha value is -2.04. The van der Waals surface area contributed by atoms with Gasteiger partial charge in [0.25, 0.3) is 5.91 Å². The van der Waals surface area contributed by atoms with Crippen LogP contribution in [-0.4, -0.2) is 23.5 Å². The van der Waals surface area contributed by atoms with E-state index in [1.165, 1.54) is 0 Å². The van der Waals surface area contributed by atoms with Gasteiger partial charge in [-0.25, -0.2) is 0 Å². The molecule has 0 aliphatic rings. The number of aliphatic carboxylic acids is 1. The van der Waals surface area contributed by atoms with E-state index in [0.717, 1.165) is 12.0 Å². The maximum atomic E-state index is 12.1. The summed E-state index contributed by atoms with van der Waals surface area (Å²) in [6, 6.07) is 5.15. The first-order chi connectivity index (χ1) is 9.79. The summed E-state index contributed by atoms with van der Waals surface area (Å²) in [6.45, 7) is 6.31. The van der Waals surface area contributed by atoms with E-state index in [1.807, 2.05) is 20.8 Å². The van der Waals surface area contributed by atoms with Crippen molar-refractivity contribution in [2.24, 2.45) is 11.8 Å². The number of aryl methyl sites for hydroxylation is 1. The number of anilines is 1. The molecule has 0 aromatic heterocycles. The van der Waals surface area contributed by atoms with Crippen LogP contribution in [0.1, 0.15) is 42.6 Å². The highest BCUT2D eigenvalue weighted by atomic mass is 16.4. The van der Waals surface area contributed by atoms with Crippen LogP contribution in [0.4, 0.5) is 5.69 Å². The molecule has 1 aromatic carbocycles. The molecule has 0 aliphatic carbocycles. The maximum absolute atomic E-state index is 12.1. The zero-order chi connectivity index (χ0) is 16.0. The first-order valence-electron chi connectivity index (χ1n) is 7.15. The van der Waals surface area contributed by atoms with Gasteiger partial charge in [0, 0.05) is 24.2 Å². The summed E-state index contributed by atoms with van der Waals surface area (Å²) in [6.07, 6.45) is 0.830. The molecule has 0 bridgehead atoms. The number of nitrogen functional groups attached to an aromatic ring is 1. The largest absolute Gasteiger partial charge is 0.481 e. The summed E-state index contributed by atoms with van der Waals surface area (Å²) in [5, 5.41) is 11.7. The standard InChI is InChI=1S/C16H24N2O3/c1-10(2)6-12(7-15(19)20)9-18-16(21)13-5-4-11(3)14(17)8-13/h4-5,8,10,12H,6-7,9,17H2,1-3H3,(H,18,21)(H,19,20). The fraction of sp³-hybridized carbons (Fsp3) is 0.500. The quantitative estimate of drug-likeness (QED) is 0.673. The normalized spacial score (nSPS) is 12.2. The Kier molecular flexibility index (Phi) is 6.21. The Morgan fingerprint density at radius 3 is 2.52 bits per heavy atom. The van der Waals surface area contributed by atoms with Crippen molar-refractivity contribution >= 4 is 17.6 Å². The van der Waals surface area contributed by atoms with Crippen LogP contribution in [0.15, 0.2) is 18.2 Å². The molecule has 0 saturated carbocycles. The van der Waals surface area contributed by atoms with E-state index in [2.05, 4.69) is 5.32 Å². The van der Waals surface area contributed by atoms with Crippen LogP contribution in [0.3, 0.4) is 0 Å². The summed E-state index contributed by atoms with van der Waals surface area (Å²) in [7, 11) is 0. The zero-order valence-corrected chi connectivity index (χ0v) is 12.8. The van der Waals surface area contributed by atoms with Gasteiger partial charge in [0.2, 0.25) is 0 Å². The van der Waals surface area contributed by atoms with Crippen molar-refractivity contribution in [1.29, 1.82) is 0 Å². The highest BCUT2D eigenvalue weighted by molar-refractivity contribution is 5.95. The number of nitrogens with two attached hydrogens (primary N) is 1. The maximum Gasteiger partial charge on any atom is 0.303 e. The third kappa shape index (κ3) is 5.85. The van der Waals surface area contributed by atoms with Gasteiger partial charge in [-0.3, -0.25) is 9.59 Å². The smallest absolute Gasteiger partial charge is 0.303 e. The van der Waals surface area contributed by atoms with Crippen LogP contribution in [0, 0.1) is 18.8 Å². The number of carboxylic acids is 1. The number of hydrogen-bond donors (Lipinski definition) is 3. The van der Waals surface area contributed by atoms with E-state index >= 15 is 0 Å². The number of benzene rings is 1. The molecule has 0 radical (unpaired) electrons. The van der Waals surface area contributed by atoms with Gasteiger partial charge >= 0.3 is 5.97 Å². The molecule has 0 heterocycles. The van der Waals surface area contributed by atoms with Crippen molar-refractivity contribution in [3.8, 4) is 0 Å². The Morgan fingerprint density at radius 1 is 1.33 bits per heavy atom. The number of carbonyl (C=O) groups is 2. The average Bonchev–Trinajstić information content (AvgIpc) is 2.37. The van der Waals surface area contributed by atoms with Crippen molar-refractivity contribution in [1.82, 2.24) is 5.32 Å². The molecule has 1 unspecified atom stereocenters. The van der Waals surface area contributed by atoms with E-state index in [-0.39, 0.29) is 18.2 Å². The lowest BCUT2D eigenvalue weighted by Gasteiger charge is -2.18. The number of nitrogens with one attached hydrogen (secondary N) is 1. The molecule has 1 amide bonds. The van der Waals surface area contributed by atoms with E-state index in [4.69, 9.17) is 10.8 Å². The van der Waals surface area contributed by atoms with Crippen LogP contribution in [-0.2, 0) is 4.79 Å². The van der Waals surface area contributed by atoms with Crippen molar-refractivity contribution < 1.29 is 14.7 Å². The summed E-state index contributed by atoms with van der Waals surface area (Å²) >= 11 is 0. The average molecular weight is 292 g/mol. The molecule has 5 nitrogen and oxygen atoms in total. The molecule has 0 fully saturated rings. The number of carbonyl (C=O) groups excluding carboxylic acids is 1. The zero-order valence-electron chi connectivity index (χ0n) is 12.8. The SMILES string of the molecule is Cc1ccc(C(=O)NCC(CC(=O)O)CC(C)C)cc1N. The second kappa shape index (κ2) is 7.67. The minimum absolute atomic E-state index is 0.0609. The first kappa shape index (κ1) is 17.0. The van der Waals surface area contributed by atoms with Gasteiger partial charge in [0.1, 0.15) is 0 Å². The summed E-state index contributed by atoms with van der Waals surface area (Å²) in [4.78, 5) is 22.9. The lowest BCUT2D eigenvalue weighted by Crippen LogP contribution is -2.31. The van der Waals surface area contributed by atoms with Crippen molar-refractivity contribution in [3.63, 3.8) is 0 Å². The van der Waals surface area contributed by atoms with E-state index in [9.17, 15) is 9.59 Å². The molecular formula is C16H24N2O3. The molecule has 4 N–H and O–H groups in total. The molecule has 0 saturated heterocycles. The predicted octanol–water partition coefficient (Wildman–Crippen LogP) is 2.44. The Morgan fingerprint density at radius 2 is 2.00 bits per heavy atom. The van der Waals surface area contributed by atoms with E-state index < -0.39 is 5.97 Å². The van der Waals surface area contributed by atoms with E-state index in [0.29, 0.717) is 23.7 Å². The number of carboxylic acid groups (broad SMARTS) is 1. The van der Waals surface area contributed by atoms with Gasteiger partial charge in [-0.15, -0.1) is 0 Å². The molecule has 21 heavy (non-hydrogen) atoms. The molecule has 1 aromatic rings. The van der Waals surface area contributed by atoms with Crippen molar-refractivity contribution in [2.75, 3.05) is 12.3 Å². The Labute approximate surface area is 125 Å². The topological polar surface area (TPSA) is 92.4 Å². The molecule has 0 aliphatic heterocycles. The first-order valence-corrected chi connectivity index (χ1v) is 7.15. The fourth-order valence-electron chi connectivity index (χ4n) is 2.27. The molecular weight excluding hydrogens is 268 g/mol. The summed E-state index contributed by atoms with van der Waals surface area (Å²) in [5.74, 6) is -0.731. The summed E-state index contributed by atoms with van der Waals surface area (Å²) in [5.41, 5.74) is 7.79. The van der Waals surface area contributed by atoms with Crippen LogP contribution in [0.5, 0.6) is 0 Å². The van der Waals surface area contributed by atoms with Gasteiger partial charge in [0.05, 0.1) is 0 Å². The second-order valence-electron chi connectivity index (χ2n) is 5.87. The van der Waals surface area contributed by atoms with Gasteiger partial charge < -0.3 is 16.2 Å². The fourth-order valence-corrected chi connectivity index (χ4v) is 2.27. The predicted molar refractivity (Wildman–Crippen MR) is 83.1 cm³/mol. The van der Waals surface area contributed by atoms with Crippen LogP contribution < -0.4 is 11.1 Å². The Bertz CT molecular complexity index is 512. The lowest BCUT2D eigenvalue weighted by atomic mass is 9.94. The minimum atomic E-state index is -0.838. The van der Waals surface area contributed by atoms with Crippen LogP contribution in [0.2, 0.25) is 0 Å². The highest BCUT2D eigenvalue weighted by Crippen LogP contribution is 2.16. The summed E-state index contributed by atoms with van der Waals surface area (Å²) < 4.78 is 0. The van der Waals surface area contributed by atoms with Crippen LogP contribution in [0.25, 0.3) is 0 Å². The van der Waals surface area contributed by atoms with Gasteiger partial charge in [-0.05, 0) is 42.9 Å². The van der Waals surface area contributed by atoms with E-state index in [1.54, 1.807) is 18.2 Å². The van der Waals surface area contributed by atoms with Gasteiger partial charge in [-0.2, -0.15) is 0 Å². The second-order valence-corrected chi connectivity index (χ2v) is 5.87. The highest BCUT2D eigenvalue weighted by Gasteiger charge is 2.16. The number of amides is 1. The molecule has 5 heteroatoms.